The summed E-state index contributed by atoms with van der Waals surface area (Å²) in [6.07, 6.45) is -5.91. The van der Waals surface area contributed by atoms with Crippen molar-refractivity contribution < 1.29 is 44.2 Å². The summed E-state index contributed by atoms with van der Waals surface area (Å²) in [6, 6.07) is 8.25. The number of Topliss-reactive ketones (excluding diaryl/α,β-unsaturated/α-hetero) is 1. The summed E-state index contributed by atoms with van der Waals surface area (Å²) in [5.41, 5.74) is -5.69. The van der Waals surface area contributed by atoms with Crippen LogP contribution in [0.15, 0.2) is 41.5 Å². The number of aliphatic hydroxyl groups excluding tert-OH is 2. The maximum Gasteiger partial charge on any atom is 0.338 e. The maximum absolute atomic E-state index is 14.3. The molecular weight excluding hydrogens is 480 g/mol. The van der Waals surface area contributed by atoms with Crippen molar-refractivity contribution in [1.29, 1.82) is 0 Å². The molecule has 1 aromatic rings. The Morgan fingerprint density at radius 3 is 2.32 bits per heavy atom. The molecule has 1 saturated heterocycles. The molecule has 1 heterocycles. The Bertz CT molecular complexity index is 1150. The third-order valence-corrected chi connectivity index (χ3v) is 9.89. The van der Waals surface area contributed by atoms with Crippen molar-refractivity contribution in [2.24, 2.45) is 16.7 Å². The van der Waals surface area contributed by atoms with Crippen LogP contribution in [0.3, 0.4) is 0 Å². The fraction of sp³-hybridized carbons (Fsp3) is 0.643. The van der Waals surface area contributed by atoms with Crippen LogP contribution in [0, 0.1) is 16.7 Å². The van der Waals surface area contributed by atoms with Gasteiger partial charge >= 0.3 is 5.97 Å². The number of hydrogen-bond donors (Lipinski definition) is 4. The van der Waals surface area contributed by atoms with Crippen LogP contribution in [0.5, 0.6) is 0 Å². The summed E-state index contributed by atoms with van der Waals surface area (Å²) in [6.45, 7) is 6.41. The van der Waals surface area contributed by atoms with Gasteiger partial charge in [0.25, 0.3) is 0 Å². The number of fused-ring (bicyclic) bond motifs is 5. The van der Waals surface area contributed by atoms with Gasteiger partial charge in [-0.3, -0.25) is 4.79 Å². The number of ketones is 1. The molecule has 9 heteroatoms. The van der Waals surface area contributed by atoms with E-state index in [0.29, 0.717) is 5.57 Å². The highest BCUT2D eigenvalue weighted by Crippen LogP contribution is 2.63. The van der Waals surface area contributed by atoms with Crippen molar-refractivity contribution in [3.05, 3.63) is 47.0 Å². The van der Waals surface area contributed by atoms with Gasteiger partial charge in [0, 0.05) is 31.3 Å². The maximum atomic E-state index is 14.3. The molecular formula is C28H36O9. The van der Waals surface area contributed by atoms with Crippen LogP contribution >= 0.6 is 0 Å². The molecule has 2 bridgehead atoms. The third-order valence-electron chi connectivity index (χ3n) is 9.89. The number of carbonyl (C=O) groups is 2. The Hall–Kier alpha value is -2.14. The first-order chi connectivity index (χ1) is 17.2. The molecule has 0 radical (unpaired) electrons. The number of hydrogen-bond acceptors (Lipinski definition) is 9. The standard InChI is InChI=1S/C28H36O9/c1-14-16(29)12-28(34)23(37-24(32)15-9-7-6-8-10-15)21-26(4,22(31)20(30)19(14)25(28,2)3)17(35-5)11-18-27(21,33)13-36-18/h6-10,16-18,20-21,23,29-30,33-34H,11-13H2,1-5H3/t16?,17?,18?,20?,21?,23?,26-,27?,28?/m1/s1. The molecule has 202 valence electrons. The highest BCUT2D eigenvalue weighted by atomic mass is 16.6. The first-order valence-corrected chi connectivity index (χ1v) is 12.7. The van der Waals surface area contributed by atoms with E-state index in [1.54, 1.807) is 58.0 Å². The largest absolute Gasteiger partial charge is 0.455 e. The summed E-state index contributed by atoms with van der Waals surface area (Å²) in [7, 11) is 1.44. The van der Waals surface area contributed by atoms with Gasteiger partial charge in [-0.15, -0.1) is 0 Å². The number of aliphatic hydroxyl groups is 4. The molecule has 0 aromatic heterocycles. The van der Waals surface area contributed by atoms with Crippen molar-refractivity contribution >= 4 is 11.8 Å². The average Bonchev–Trinajstić information content (AvgIpc) is 2.85. The van der Waals surface area contributed by atoms with Crippen molar-refractivity contribution in [2.75, 3.05) is 13.7 Å². The Kier molecular flexibility index (Phi) is 6.03. The minimum absolute atomic E-state index is 0.141. The Morgan fingerprint density at radius 1 is 1.11 bits per heavy atom. The molecule has 9 atom stereocenters. The molecule has 1 aromatic carbocycles. The Labute approximate surface area is 216 Å². The SMILES string of the molecule is COC1CC2OCC2(O)C2C(OC(=O)c3ccccc3)C3(O)CC(O)C(C)=C(C(O)C(=O)[C@]12C)C3(C)C. The van der Waals surface area contributed by atoms with E-state index in [1.165, 1.54) is 7.11 Å². The summed E-state index contributed by atoms with van der Waals surface area (Å²) in [4.78, 5) is 27.7. The fourth-order valence-corrected chi connectivity index (χ4v) is 7.58. The molecule has 0 spiro atoms. The van der Waals surface area contributed by atoms with E-state index in [1.807, 2.05) is 0 Å². The van der Waals surface area contributed by atoms with Crippen molar-refractivity contribution in [3.63, 3.8) is 0 Å². The second-order valence-electron chi connectivity index (χ2n) is 11.8. The van der Waals surface area contributed by atoms with E-state index in [-0.39, 0.29) is 30.6 Å². The van der Waals surface area contributed by atoms with Crippen LogP contribution in [0.4, 0.5) is 0 Å². The average molecular weight is 517 g/mol. The lowest BCUT2D eigenvalue weighted by molar-refractivity contribution is -0.345. The molecule has 8 unspecified atom stereocenters. The van der Waals surface area contributed by atoms with E-state index < -0.39 is 70.2 Å². The Balaban J connectivity index is 1.79. The number of benzene rings is 1. The molecule has 4 aliphatic rings. The first kappa shape index (κ1) is 26.5. The zero-order valence-corrected chi connectivity index (χ0v) is 21.8. The van der Waals surface area contributed by atoms with Gasteiger partial charge in [0.15, 0.2) is 5.78 Å². The summed E-state index contributed by atoms with van der Waals surface area (Å²) in [5.74, 6) is -2.57. The van der Waals surface area contributed by atoms with Crippen LogP contribution in [-0.2, 0) is 19.0 Å². The van der Waals surface area contributed by atoms with E-state index in [9.17, 15) is 30.0 Å². The normalized spacial score (nSPS) is 44.6. The molecule has 3 aliphatic carbocycles. The lowest BCUT2D eigenvalue weighted by Crippen LogP contribution is -2.81. The molecule has 5 rings (SSSR count). The zero-order chi connectivity index (χ0) is 27.1. The van der Waals surface area contributed by atoms with E-state index >= 15 is 0 Å². The third kappa shape index (κ3) is 3.31. The number of methoxy groups -OCH3 is 1. The lowest BCUT2D eigenvalue weighted by Gasteiger charge is -2.67. The van der Waals surface area contributed by atoms with Gasteiger partial charge in [-0.25, -0.2) is 4.79 Å². The van der Waals surface area contributed by atoms with Crippen LogP contribution in [-0.4, -0.2) is 87.6 Å². The van der Waals surface area contributed by atoms with Gasteiger partial charge in [-0.1, -0.05) is 32.0 Å². The number of carbonyl (C=O) groups excluding carboxylic acids is 2. The zero-order valence-electron chi connectivity index (χ0n) is 21.8. The van der Waals surface area contributed by atoms with Gasteiger partial charge in [-0.2, -0.15) is 0 Å². The van der Waals surface area contributed by atoms with E-state index in [4.69, 9.17) is 14.2 Å². The highest BCUT2D eigenvalue weighted by molar-refractivity contribution is 5.94. The van der Waals surface area contributed by atoms with Crippen molar-refractivity contribution in [2.45, 2.75) is 82.3 Å². The highest BCUT2D eigenvalue weighted by Gasteiger charge is 2.76. The quantitative estimate of drug-likeness (QED) is 0.344. The Morgan fingerprint density at radius 2 is 1.76 bits per heavy atom. The molecule has 4 N–H and O–H groups in total. The van der Waals surface area contributed by atoms with Crippen LogP contribution in [0.1, 0.15) is 50.9 Å². The predicted molar refractivity (Wildman–Crippen MR) is 130 cm³/mol. The van der Waals surface area contributed by atoms with Gasteiger partial charge < -0.3 is 34.6 Å². The van der Waals surface area contributed by atoms with Crippen molar-refractivity contribution in [3.8, 4) is 0 Å². The minimum Gasteiger partial charge on any atom is -0.455 e. The van der Waals surface area contributed by atoms with Gasteiger partial charge in [0.2, 0.25) is 0 Å². The van der Waals surface area contributed by atoms with Gasteiger partial charge in [0.05, 0.1) is 35.9 Å². The lowest BCUT2D eigenvalue weighted by atomic mass is 9.44. The molecule has 2 saturated carbocycles. The van der Waals surface area contributed by atoms with Gasteiger partial charge in [0.1, 0.15) is 23.4 Å². The van der Waals surface area contributed by atoms with Crippen LogP contribution < -0.4 is 0 Å². The van der Waals surface area contributed by atoms with E-state index in [0.717, 1.165) is 0 Å². The number of esters is 1. The second-order valence-corrected chi connectivity index (χ2v) is 11.8. The van der Waals surface area contributed by atoms with Gasteiger partial charge in [-0.05, 0) is 37.1 Å². The first-order valence-electron chi connectivity index (χ1n) is 12.7. The van der Waals surface area contributed by atoms with Crippen LogP contribution in [0.25, 0.3) is 0 Å². The fourth-order valence-electron chi connectivity index (χ4n) is 7.58. The van der Waals surface area contributed by atoms with E-state index in [2.05, 4.69) is 0 Å². The smallest absolute Gasteiger partial charge is 0.338 e. The topological polar surface area (TPSA) is 143 Å². The molecule has 0 amide bonds. The minimum atomic E-state index is -1.97. The molecule has 9 nitrogen and oxygen atoms in total. The molecule has 1 aliphatic heterocycles. The summed E-state index contributed by atoms with van der Waals surface area (Å²) >= 11 is 0. The number of rotatable bonds is 3. The van der Waals surface area contributed by atoms with Crippen LogP contribution in [0.2, 0.25) is 0 Å². The predicted octanol–water partition coefficient (Wildman–Crippen LogP) is 1.17. The molecule has 37 heavy (non-hydrogen) atoms. The molecule has 3 fully saturated rings. The number of ether oxygens (including phenoxy) is 3. The summed E-state index contributed by atoms with van der Waals surface area (Å²) in [5, 5.41) is 47.1. The summed E-state index contributed by atoms with van der Waals surface area (Å²) < 4.78 is 17.6. The monoisotopic (exact) mass is 516 g/mol. The second kappa shape index (κ2) is 8.43. The van der Waals surface area contributed by atoms with Crippen molar-refractivity contribution in [1.82, 2.24) is 0 Å².